The number of nitrogens with zero attached hydrogens (tertiary/aromatic N) is 1. The molecule has 0 saturated carbocycles. The third kappa shape index (κ3) is 4.02. The van der Waals surface area contributed by atoms with Crippen molar-refractivity contribution in [2.45, 2.75) is 17.7 Å². The van der Waals surface area contributed by atoms with E-state index in [0.717, 1.165) is 12.8 Å². The molecule has 120 valence electrons. The molecule has 5 nitrogen and oxygen atoms in total. The van der Waals surface area contributed by atoms with Crippen molar-refractivity contribution in [2.75, 3.05) is 26.7 Å². The second kappa shape index (κ2) is 7.65. The zero-order valence-electron chi connectivity index (χ0n) is 11.8. The zero-order chi connectivity index (χ0) is 14.8. The quantitative estimate of drug-likeness (QED) is 0.898. The summed E-state index contributed by atoms with van der Waals surface area (Å²) in [7, 11) is -2.02. The molecule has 0 amide bonds. The fraction of sp³-hybridized carbons (Fsp3) is 0.538. The van der Waals surface area contributed by atoms with Gasteiger partial charge < -0.3 is 10.5 Å². The van der Waals surface area contributed by atoms with Gasteiger partial charge in [0, 0.05) is 13.1 Å². The number of piperidine rings is 1. The first kappa shape index (κ1) is 18.5. The van der Waals surface area contributed by atoms with E-state index in [9.17, 15) is 8.42 Å². The highest BCUT2D eigenvalue weighted by Gasteiger charge is 2.30. The van der Waals surface area contributed by atoms with Crippen LogP contribution in [-0.2, 0) is 10.0 Å². The SMILES string of the molecule is COc1ccc(S(=O)(=O)N2CCCC(CN)C2)cc1Cl.Cl. The normalized spacial score (nSPS) is 19.9. The molecule has 1 aliphatic heterocycles. The van der Waals surface area contributed by atoms with Crippen LogP contribution in [0.2, 0.25) is 5.02 Å². The highest BCUT2D eigenvalue weighted by atomic mass is 35.5. The first-order valence-corrected chi connectivity index (χ1v) is 8.34. The van der Waals surface area contributed by atoms with Gasteiger partial charge in [-0.1, -0.05) is 11.6 Å². The van der Waals surface area contributed by atoms with E-state index in [4.69, 9.17) is 22.1 Å². The van der Waals surface area contributed by atoms with Gasteiger partial charge in [0.1, 0.15) is 5.75 Å². The van der Waals surface area contributed by atoms with Crippen LogP contribution in [0, 0.1) is 5.92 Å². The third-order valence-corrected chi connectivity index (χ3v) is 5.73. The van der Waals surface area contributed by atoms with E-state index in [-0.39, 0.29) is 23.2 Å². The maximum atomic E-state index is 12.6. The molecule has 1 aliphatic rings. The molecule has 0 bridgehead atoms. The Morgan fingerprint density at radius 2 is 2.19 bits per heavy atom. The van der Waals surface area contributed by atoms with Crippen LogP contribution in [0.1, 0.15) is 12.8 Å². The average molecular weight is 355 g/mol. The highest BCUT2D eigenvalue weighted by molar-refractivity contribution is 7.89. The molecule has 1 aromatic carbocycles. The molecule has 1 heterocycles. The van der Waals surface area contributed by atoms with Gasteiger partial charge in [0.25, 0.3) is 0 Å². The van der Waals surface area contributed by atoms with Gasteiger partial charge in [-0.05, 0) is 43.5 Å². The van der Waals surface area contributed by atoms with Crippen molar-refractivity contribution >= 4 is 34.0 Å². The Balaban J connectivity index is 0.00000220. The number of hydrogen-bond acceptors (Lipinski definition) is 4. The van der Waals surface area contributed by atoms with Crippen LogP contribution < -0.4 is 10.5 Å². The Morgan fingerprint density at radius 3 is 2.76 bits per heavy atom. The second-order valence-electron chi connectivity index (χ2n) is 4.90. The van der Waals surface area contributed by atoms with Gasteiger partial charge in [-0.15, -0.1) is 12.4 Å². The van der Waals surface area contributed by atoms with Crippen LogP contribution in [0.5, 0.6) is 5.75 Å². The van der Waals surface area contributed by atoms with E-state index in [2.05, 4.69) is 0 Å². The monoisotopic (exact) mass is 354 g/mol. The molecular weight excluding hydrogens is 335 g/mol. The van der Waals surface area contributed by atoms with Crippen LogP contribution in [0.3, 0.4) is 0 Å². The number of rotatable bonds is 4. The molecule has 2 N–H and O–H groups in total. The molecule has 1 unspecified atom stereocenters. The van der Waals surface area contributed by atoms with E-state index >= 15 is 0 Å². The van der Waals surface area contributed by atoms with E-state index in [1.807, 2.05) is 0 Å². The minimum absolute atomic E-state index is 0. The number of methoxy groups -OCH3 is 1. The fourth-order valence-electron chi connectivity index (χ4n) is 2.39. The molecule has 21 heavy (non-hydrogen) atoms. The summed E-state index contributed by atoms with van der Waals surface area (Å²) >= 11 is 6.00. The average Bonchev–Trinajstić information content (AvgIpc) is 2.47. The Kier molecular flexibility index (Phi) is 6.74. The van der Waals surface area contributed by atoms with Crippen LogP contribution >= 0.6 is 24.0 Å². The molecule has 1 aromatic rings. The van der Waals surface area contributed by atoms with E-state index < -0.39 is 10.0 Å². The number of sulfonamides is 1. The predicted octanol–water partition coefficient (Wildman–Crippen LogP) is 2.13. The largest absolute Gasteiger partial charge is 0.495 e. The van der Waals surface area contributed by atoms with Gasteiger partial charge in [-0.3, -0.25) is 0 Å². The lowest BCUT2D eigenvalue weighted by molar-refractivity contribution is 0.271. The second-order valence-corrected chi connectivity index (χ2v) is 7.25. The van der Waals surface area contributed by atoms with Crippen molar-refractivity contribution < 1.29 is 13.2 Å². The van der Waals surface area contributed by atoms with Crippen molar-refractivity contribution in [1.29, 1.82) is 0 Å². The summed E-state index contributed by atoms with van der Waals surface area (Å²) in [4.78, 5) is 0.195. The number of nitrogens with two attached hydrogens (primary N) is 1. The van der Waals surface area contributed by atoms with E-state index in [1.165, 1.54) is 23.5 Å². The molecule has 0 radical (unpaired) electrons. The number of benzene rings is 1. The van der Waals surface area contributed by atoms with Crippen molar-refractivity contribution in [3.05, 3.63) is 23.2 Å². The molecule has 1 atom stereocenters. The number of hydrogen-bond donors (Lipinski definition) is 1. The van der Waals surface area contributed by atoms with Crippen LogP contribution in [0.25, 0.3) is 0 Å². The smallest absolute Gasteiger partial charge is 0.243 e. The lowest BCUT2D eigenvalue weighted by Crippen LogP contribution is -2.41. The summed E-state index contributed by atoms with van der Waals surface area (Å²) in [6.07, 6.45) is 1.82. The zero-order valence-corrected chi connectivity index (χ0v) is 14.2. The van der Waals surface area contributed by atoms with Gasteiger partial charge in [0.2, 0.25) is 10.0 Å². The third-order valence-electron chi connectivity index (χ3n) is 3.58. The topological polar surface area (TPSA) is 72.6 Å². The van der Waals surface area contributed by atoms with Crippen LogP contribution in [0.15, 0.2) is 23.1 Å². The summed E-state index contributed by atoms with van der Waals surface area (Å²) in [5.74, 6) is 0.691. The Labute approximate surface area is 136 Å². The summed E-state index contributed by atoms with van der Waals surface area (Å²) in [6, 6.07) is 4.52. The maximum Gasteiger partial charge on any atom is 0.243 e. The van der Waals surface area contributed by atoms with Crippen molar-refractivity contribution in [3.63, 3.8) is 0 Å². The minimum Gasteiger partial charge on any atom is -0.495 e. The van der Waals surface area contributed by atoms with Gasteiger partial charge in [-0.2, -0.15) is 4.31 Å². The number of ether oxygens (including phenoxy) is 1. The Hall–Kier alpha value is -0.530. The molecule has 0 aromatic heterocycles. The number of halogens is 2. The maximum absolute atomic E-state index is 12.6. The van der Waals surface area contributed by atoms with E-state index in [1.54, 1.807) is 6.07 Å². The van der Waals surface area contributed by atoms with Crippen LogP contribution in [-0.4, -0.2) is 39.5 Å². The summed E-state index contributed by atoms with van der Waals surface area (Å²) < 4.78 is 31.7. The van der Waals surface area contributed by atoms with E-state index in [0.29, 0.717) is 30.4 Å². The summed E-state index contributed by atoms with van der Waals surface area (Å²) in [5, 5.41) is 0.293. The van der Waals surface area contributed by atoms with Crippen LogP contribution in [0.4, 0.5) is 0 Å². The van der Waals surface area contributed by atoms with Gasteiger partial charge >= 0.3 is 0 Å². The van der Waals surface area contributed by atoms with Gasteiger partial charge in [0.15, 0.2) is 0 Å². The Bertz CT molecular complexity index is 581. The molecule has 0 aliphatic carbocycles. The van der Waals surface area contributed by atoms with Crippen molar-refractivity contribution in [2.24, 2.45) is 11.7 Å². The molecular formula is C13H20Cl2N2O3S. The molecule has 2 rings (SSSR count). The first-order valence-electron chi connectivity index (χ1n) is 6.52. The van der Waals surface area contributed by atoms with Crippen molar-refractivity contribution in [1.82, 2.24) is 4.31 Å². The summed E-state index contributed by atoms with van der Waals surface area (Å²) in [6.45, 7) is 1.51. The lowest BCUT2D eigenvalue weighted by atomic mass is 10.0. The minimum atomic E-state index is -3.51. The van der Waals surface area contributed by atoms with Crippen molar-refractivity contribution in [3.8, 4) is 5.75 Å². The summed E-state index contributed by atoms with van der Waals surface area (Å²) in [5.41, 5.74) is 5.65. The lowest BCUT2D eigenvalue weighted by Gasteiger charge is -2.31. The van der Waals surface area contributed by atoms with Gasteiger partial charge in [-0.25, -0.2) is 8.42 Å². The molecule has 1 saturated heterocycles. The standard InChI is InChI=1S/C13H19ClN2O3S.ClH/c1-19-13-5-4-11(7-12(13)14)20(17,18)16-6-2-3-10(8-15)9-16;/h4-5,7,10H,2-3,6,8-9,15H2,1H3;1H. The predicted molar refractivity (Wildman–Crippen MR) is 85.8 cm³/mol. The molecule has 1 fully saturated rings. The first-order chi connectivity index (χ1) is 9.48. The fourth-order valence-corrected chi connectivity index (χ4v) is 4.30. The van der Waals surface area contributed by atoms with Gasteiger partial charge in [0.05, 0.1) is 17.0 Å². The highest BCUT2D eigenvalue weighted by Crippen LogP contribution is 2.29. The Morgan fingerprint density at radius 1 is 1.48 bits per heavy atom. The molecule has 0 spiro atoms. The molecule has 8 heteroatoms.